The molecule has 0 aliphatic heterocycles. The summed E-state index contributed by atoms with van der Waals surface area (Å²) < 4.78 is 38.4. The molecule has 0 spiro atoms. The molecule has 3 aromatic rings. The number of aromatic nitrogens is 1. The predicted molar refractivity (Wildman–Crippen MR) is 99.9 cm³/mol. The Morgan fingerprint density at radius 3 is 2.59 bits per heavy atom. The normalized spacial score (nSPS) is 11.2. The Morgan fingerprint density at radius 2 is 1.85 bits per heavy atom. The molecule has 0 radical (unpaired) electrons. The Balaban J connectivity index is 1.56. The molecule has 1 heterocycles. The fourth-order valence-electron chi connectivity index (χ4n) is 2.41. The minimum atomic E-state index is -4.37. The number of amides is 1. The molecule has 3 rings (SSSR count). The molecule has 140 valence electrons. The van der Waals surface area contributed by atoms with Gasteiger partial charge in [-0.2, -0.15) is 13.2 Å². The first-order valence-electron chi connectivity index (χ1n) is 8.10. The summed E-state index contributed by atoms with van der Waals surface area (Å²) in [5.74, 6) is -0.251. The van der Waals surface area contributed by atoms with Crippen LogP contribution in [0.15, 0.2) is 60.8 Å². The third-order valence-corrected chi connectivity index (χ3v) is 4.57. The van der Waals surface area contributed by atoms with Crippen molar-refractivity contribution in [1.29, 1.82) is 0 Å². The summed E-state index contributed by atoms with van der Waals surface area (Å²) in [6.07, 6.45) is -2.49. The van der Waals surface area contributed by atoms with Gasteiger partial charge >= 0.3 is 6.18 Å². The number of carbonyl (C=O) groups is 1. The highest BCUT2D eigenvalue weighted by molar-refractivity contribution is 7.15. The number of benzene rings is 2. The van der Waals surface area contributed by atoms with Crippen LogP contribution in [0.5, 0.6) is 0 Å². The zero-order chi connectivity index (χ0) is 19.3. The highest BCUT2D eigenvalue weighted by atomic mass is 32.1. The van der Waals surface area contributed by atoms with E-state index in [1.54, 1.807) is 12.3 Å². The van der Waals surface area contributed by atoms with Crippen LogP contribution >= 0.6 is 11.3 Å². The molecule has 0 fully saturated rings. The van der Waals surface area contributed by atoms with E-state index in [1.165, 1.54) is 17.4 Å². The Kier molecular flexibility index (Phi) is 5.75. The van der Waals surface area contributed by atoms with Gasteiger partial charge in [-0.25, -0.2) is 4.98 Å². The lowest BCUT2D eigenvalue weighted by molar-refractivity contribution is -0.137. The second-order valence-electron chi connectivity index (χ2n) is 5.77. The lowest BCUT2D eigenvalue weighted by Crippen LogP contribution is -2.21. The summed E-state index contributed by atoms with van der Waals surface area (Å²) in [5, 5.41) is 6.08. The fourth-order valence-corrected chi connectivity index (χ4v) is 3.27. The molecule has 4 nitrogen and oxygen atoms in total. The summed E-state index contributed by atoms with van der Waals surface area (Å²) in [6.45, 7) is 0.0898. The van der Waals surface area contributed by atoms with Gasteiger partial charge in [-0.15, -0.1) is 11.3 Å². The van der Waals surface area contributed by atoms with Crippen LogP contribution in [0, 0.1) is 0 Å². The van der Waals surface area contributed by atoms with Crippen molar-refractivity contribution >= 4 is 28.1 Å². The van der Waals surface area contributed by atoms with E-state index in [2.05, 4.69) is 15.6 Å². The van der Waals surface area contributed by atoms with Gasteiger partial charge in [0.15, 0.2) is 5.13 Å². The van der Waals surface area contributed by atoms with Gasteiger partial charge < -0.3 is 10.6 Å². The van der Waals surface area contributed by atoms with Crippen LogP contribution in [0.3, 0.4) is 0 Å². The largest absolute Gasteiger partial charge is 0.416 e. The average molecular weight is 391 g/mol. The lowest BCUT2D eigenvalue weighted by Gasteiger charge is -2.08. The van der Waals surface area contributed by atoms with Crippen molar-refractivity contribution in [2.24, 2.45) is 0 Å². The number of anilines is 2. The van der Waals surface area contributed by atoms with E-state index in [0.29, 0.717) is 17.1 Å². The van der Waals surface area contributed by atoms with Crippen LogP contribution < -0.4 is 10.6 Å². The number of hydrogen-bond acceptors (Lipinski definition) is 4. The van der Waals surface area contributed by atoms with Gasteiger partial charge in [0.2, 0.25) is 5.91 Å². The van der Waals surface area contributed by atoms with Gasteiger partial charge in [0.25, 0.3) is 0 Å². The molecular weight excluding hydrogens is 375 g/mol. The topological polar surface area (TPSA) is 54.0 Å². The molecule has 0 aliphatic rings. The maximum atomic E-state index is 12.8. The molecule has 2 aromatic carbocycles. The number of halogens is 3. The Bertz CT molecular complexity index is 910. The SMILES string of the molecule is O=C(CNc1ccccc1)Nc1ncc(Cc2cccc(C(F)(F)F)c2)s1. The average Bonchev–Trinajstić information content (AvgIpc) is 3.07. The summed E-state index contributed by atoms with van der Waals surface area (Å²) in [7, 11) is 0. The van der Waals surface area contributed by atoms with E-state index in [1.807, 2.05) is 30.3 Å². The Labute approximate surface area is 158 Å². The van der Waals surface area contributed by atoms with E-state index in [0.717, 1.165) is 22.7 Å². The van der Waals surface area contributed by atoms with Crippen molar-refractivity contribution < 1.29 is 18.0 Å². The molecule has 0 bridgehead atoms. The molecule has 2 N–H and O–H groups in total. The third-order valence-electron chi connectivity index (χ3n) is 3.66. The maximum Gasteiger partial charge on any atom is 0.416 e. The number of para-hydroxylation sites is 1. The Morgan fingerprint density at radius 1 is 1.07 bits per heavy atom. The highest BCUT2D eigenvalue weighted by Crippen LogP contribution is 2.30. The predicted octanol–water partition coefficient (Wildman–Crippen LogP) is 4.80. The van der Waals surface area contributed by atoms with Crippen LogP contribution in [0.2, 0.25) is 0 Å². The zero-order valence-electron chi connectivity index (χ0n) is 14.1. The van der Waals surface area contributed by atoms with Crippen LogP contribution in [0.25, 0.3) is 0 Å². The lowest BCUT2D eigenvalue weighted by atomic mass is 10.1. The van der Waals surface area contributed by atoms with E-state index >= 15 is 0 Å². The summed E-state index contributed by atoms with van der Waals surface area (Å²) in [6, 6.07) is 14.5. The van der Waals surface area contributed by atoms with Gasteiger partial charge in [0, 0.05) is 23.2 Å². The molecule has 0 saturated carbocycles. The first kappa shape index (κ1) is 18.9. The number of thiazole rings is 1. The first-order valence-corrected chi connectivity index (χ1v) is 8.91. The van der Waals surface area contributed by atoms with Crippen LogP contribution in [-0.2, 0) is 17.4 Å². The van der Waals surface area contributed by atoms with Crippen LogP contribution in [0.1, 0.15) is 16.0 Å². The second-order valence-corrected chi connectivity index (χ2v) is 6.89. The standard InChI is InChI=1S/C19H16F3N3OS/c20-19(21,22)14-6-4-5-13(9-14)10-16-11-24-18(27-16)25-17(26)12-23-15-7-2-1-3-8-15/h1-9,11,23H,10,12H2,(H,24,25,26). The minimum Gasteiger partial charge on any atom is -0.376 e. The van der Waals surface area contributed by atoms with E-state index < -0.39 is 11.7 Å². The first-order chi connectivity index (χ1) is 12.9. The van der Waals surface area contributed by atoms with Crippen molar-refractivity contribution in [3.05, 3.63) is 76.8 Å². The molecule has 0 unspecified atom stereocenters. The summed E-state index contributed by atoms with van der Waals surface area (Å²) in [5.41, 5.74) is 0.694. The van der Waals surface area contributed by atoms with Crippen molar-refractivity contribution in [2.75, 3.05) is 17.2 Å². The molecule has 1 aromatic heterocycles. The van der Waals surface area contributed by atoms with Crippen molar-refractivity contribution in [2.45, 2.75) is 12.6 Å². The van der Waals surface area contributed by atoms with Gasteiger partial charge in [0.05, 0.1) is 12.1 Å². The molecule has 27 heavy (non-hydrogen) atoms. The Hall–Kier alpha value is -2.87. The zero-order valence-corrected chi connectivity index (χ0v) is 14.9. The molecule has 1 amide bonds. The number of hydrogen-bond donors (Lipinski definition) is 2. The van der Waals surface area contributed by atoms with Gasteiger partial charge in [-0.1, -0.05) is 36.4 Å². The molecule has 8 heteroatoms. The van der Waals surface area contributed by atoms with E-state index in [9.17, 15) is 18.0 Å². The maximum absolute atomic E-state index is 12.8. The number of nitrogens with one attached hydrogen (secondary N) is 2. The van der Waals surface area contributed by atoms with Gasteiger partial charge in [-0.3, -0.25) is 4.79 Å². The third kappa shape index (κ3) is 5.55. The second kappa shape index (κ2) is 8.22. The minimum absolute atomic E-state index is 0.0898. The number of nitrogens with zero attached hydrogens (tertiary/aromatic N) is 1. The van der Waals surface area contributed by atoms with E-state index in [-0.39, 0.29) is 12.5 Å². The molecule has 0 atom stereocenters. The van der Waals surface area contributed by atoms with Crippen molar-refractivity contribution in [3.8, 4) is 0 Å². The van der Waals surface area contributed by atoms with Crippen LogP contribution in [-0.4, -0.2) is 17.4 Å². The highest BCUT2D eigenvalue weighted by Gasteiger charge is 2.30. The molecule has 0 saturated heterocycles. The quantitative estimate of drug-likeness (QED) is 0.634. The number of rotatable bonds is 6. The summed E-state index contributed by atoms with van der Waals surface area (Å²) >= 11 is 1.24. The molecule has 0 aliphatic carbocycles. The van der Waals surface area contributed by atoms with Crippen molar-refractivity contribution in [3.63, 3.8) is 0 Å². The van der Waals surface area contributed by atoms with Gasteiger partial charge in [-0.05, 0) is 23.8 Å². The van der Waals surface area contributed by atoms with Crippen molar-refractivity contribution in [1.82, 2.24) is 4.98 Å². The molecular formula is C19H16F3N3OS. The van der Waals surface area contributed by atoms with Gasteiger partial charge in [0.1, 0.15) is 0 Å². The van der Waals surface area contributed by atoms with E-state index in [4.69, 9.17) is 0 Å². The number of carbonyl (C=O) groups excluding carboxylic acids is 1. The summed E-state index contributed by atoms with van der Waals surface area (Å²) in [4.78, 5) is 16.9. The van der Waals surface area contributed by atoms with Crippen LogP contribution in [0.4, 0.5) is 24.0 Å². The smallest absolute Gasteiger partial charge is 0.376 e. The monoisotopic (exact) mass is 391 g/mol. The number of alkyl halides is 3. The fraction of sp³-hybridized carbons (Fsp3) is 0.158.